The zero-order valence-electron chi connectivity index (χ0n) is 9.36. The Morgan fingerprint density at radius 3 is 2.71 bits per heavy atom. The van der Waals surface area contributed by atoms with E-state index in [1.165, 1.54) is 0 Å². The fourth-order valence-corrected chi connectivity index (χ4v) is 1.47. The first-order valence-corrected chi connectivity index (χ1v) is 5.15. The summed E-state index contributed by atoms with van der Waals surface area (Å²) in [7, 11) is 1.91. The molecule has 80 valence electrons. The molecule has 0 bridgehead atoms. The maximum absolute atomic E-state index is 4.03. The van der Waals surface area contributed by atoms with Crippen LogP contribution in [0.5, 0.6) is 0 Å². The fraction of sp³-hybridized carbons (Fsp3) is 0.889. The van der Waals surface area contributed by atoms with E-state index in [1.54, 1.807) is 0 Å². The number of rotatable bonds is 5. The third-order valence-corrected chi connectivity index (χ3v) is 2.46. The molecule has 0 amide bonds. The molecule has 1 heterocycles. The molecule has 0 aliphatic rings. The molecule has 0 aliphatic carbocycles. The summed E-state index contributed by atoms with van der Waals surface area (Å²) in [6.45, 7) is 6.37. The van der Waals surface area contributed by atoms with Gasteiger partial charge in [0.05, 0.1) is 12.1 Å². The quantitative estimate of drug-likeness (QED) is 0.773. The molecule has 0 saturated heterocycles. The van der Waals surface area contributed by atoms with Gasteiger partial charge in [-0.2, -0.15) is 0 Å². The van der Waals surface area contributed by atoms with Crippen molar-refractivity contribution < 1.29 is 0 Å². The Balaban J connectivity index is 2.81. The Bertz CT molecular complexity index is 270. The van der Waals surface area contributed by atoms with Crippen molar-refractivity contribution in [2.75, 3.05) is 7.05 Å². The average molecular weight is 197 g/mol. The SMILES string of the molecule is CCCC(C)n1nnnc1C(C)NC. The van der Waals surface area contributed by atoms with Gasteiger partial charge in [0.25, 0.3) is 0 Å². The third kappa shape index (κ3) is 2.29. The van der Waals surface area contributed by atoms with Gasteiger partial charge < -0.3 is 5.32 Å². The normalized spacial score (nSPS) is 15.4. The van der Waals surface area contributed by atoms with Crippen molar-refractivity contribution in [2.24, 2.45) is 0 Å². The predicted octanol–water partition coefficient (Wildman–Crippen LogP) is 1.31. The van der Waals surface area contributed by atoms with Crippen LogP contribution in [0.25, 0.3) is 0 Å². The summed E-state index contributed by atoms with van der Waals surface area (Å²) in [6.07, 6.45) is 2.25. The molecule has 1 aromatic rings. The highest BCUT2D eigenvalue weighted by atomic mass is 15.6. The molecule has 0 fully saturated rings. The number of aromatic nitrogens is 4. The van der Waals surface area contributed by atoms with Crippen molar-refractivity contribution in [3.63, 3.8) is 0 Å². The smallest absolute Gasteiger partial charge is 0.168 e. The van der Waals surface area contributed by atoms with E-state index in [9.17, 15) is 0 Å². The van der Waals surface area contributed by atoms with Crippen molar-refractivity contribution in [1.82, 2.24) is 25.5 Å². The topological polar surface area (TPSA) is 55.6 Å². The number of nitrogens with one attached hydrogen (secondary N) is 1. The fourth-order valence-electron chi connectivity index (χ4n) is 1.47. The Morgan fingerprint density at radius 1 is 1.43 bits per heavy atom. The molecule has 1 N–H and O–H groups in total. The van der Waals surface area contributed by atoms with E-state index < -0.39 is 0 Å². The summed E-state index contributed by atoms with van der Waals surface area (Å²) < 4.78 is 1.91. The lowest BCUT2D eigenvalue weighted by atomic mass is 10.2. The van der Waals surface area contributed by atoms with Crippen LogP contribution in [0.2, 0.25) is 0 Å². The number of tetrazole rings is 1. The lowest BCUT2D eigenvalue weighted by Gasteiger charge is -2.15. The second-order valence-electron chi connectivity index (χ2n) is 3.63. The summed E-state index contributed by atoms with van der Waals surface area (Å²) in [5.41, 5.74) is 0. The molecule has 5 heteroatoms. The number of hydrogen-bond donors (Lipinski definition) is 1. The zero-order valence-corrected chi connectivity index (χ0v) is 9.36. The van der Waals surface area contributed by atoms with Crippen LogP contribution in [0.4, 0.5) is 0 Å². The van der Waals surface area contributed by atoms with Crippen LogP contribution in [0.1, 0.15) is 51.5 Å². The average Bonchev–Trinajstić information content (AvgIpc) is 2.65. The van der Waals surface area contributed by atoms with Crippen LogP contribution in [-0.4, -0.2) is 27.3 Å². The molecule has 0 aliphatic heterocycles. The van der Waals surface area contributed by atoms with Crippen LogP contribution in [0.3, 0.4) is 0 Å². The lowest BCUT2D eigenvalue weighted by molar-refractivity contribution is 0.411. The van der Waals surface area contributed by atoms with Crippen molar-refractivity contribution in [2.45, 2.75) is 45.7 Å². The molecule has 2 unspecified atom stereocenters. The first-order valence-electron chi connectivity index (χ1n) is 5.15. The second kappa shape index (κ2) is 5.05. The standard InChI is InChI=1S/C9H19N5/c1-5-6-7(2)14-9(8(3)10-4)11-12-13-14/h7-8,10H,5-6H2,1-4H3. The van der Waals surface area contributed by atoms with E-state index in [0.717, 1.165) is 18.7 Å². The van der Waals surface area contributed by atoms with Gasteiger partial charge in [0.1, 0.15) is 0 Å². The molecular weight excluding hydrogens is 178 g/mol. The van der Waals surface area contributed by atoms with Crippen LogP contribution in [0, 0.1) is 0 Å². The summed E-state index contributed by atoms with van der Waals surface area (Å²) >= 11 is 0. The number of hydrogen-bond acceptors (Lipinski definition) is 4. The highest BCUT2D eigenvalue weighted by Crippen LogP contribution is 2.16. The van der Waals surface area contributed by atoms with Gasteiger partial charge in [-0.1, -0.05) is 13.3 Å². The first-order chi connectivity index (χ1) is 6.70. The first kappa shape index (κ1) is 11.1. The van der Waals surface area contributed by atoms with Crippen molar-refractivity contribution in [3.8, 4) is 0 Å². The van der Waals surface area contributed by atoms with E-state index >= 15 is 0 Å². The molecule has 1 rings (SSSR count). The molecule has 0 spiro atoms. The summed E-state index contributed by atoms with van der Waals surface area (Å²) in [4.78, 5) is 0. The molecular formula is C9H19N5. The molecule has 1 aromatic heterocycles. The van der Waals surface area contributed by atoms with Gasteiger partial charge in [0.15, 0.2) is 5.82 Å². The second-order valence-corrected chi connectivity index (χ2v) is 3.63. The third-order valence-electron chi connectivity index (χ3n) is 2.46. The van der Waals surface area contributed by atoms with Gasteiger partial charge >= 0.3 is 0 Å². The highest BCUT2D eigenvalue weighted by Gasteiger charge is 2.16. The maximum atomic E-state index is 4.03. The lowest BCUT2D eigenvalue weighted by Crippen LogP contribution is -2.20. The monoisotopic (exact) mass is 197 g/mol. The number of nitrogens with zero attached hydrogens (tertiary/aromatic N) is 4. The van der Waals surface area contributed by atoms with E-state index in [2.05, 4.69) is 41.6 Å². The molecule has 14 heavy (non-hydrogen) atoms. The van der Waals surface area contributed by atoms with E-state index in [-0.39, 0.29) is 6.04 Å². The predicted molar refractivity (Wildman–Crippen MR) is 54.9 cm³/mol. The van der Waals surface area contributed by atoms with Crippen LogP contribution in [-0.2, 0) is 0 Å². The van der Waals surface area contributed by atoms with E-state index in [4.69, 9.17) is 0 Å². The van der Waals surface area contributed by atoms with Crippen molar-refractivity contribution >= 4 is 0 Å². The van der Waals surface area contributed by atoms with Crippen molar-refractivity contribution in [3.05, 3.63) is 5.82 Å². The Kier molecular flexibility index (Phi) is 4.00. The van der Waals surface area contributed by atoms with Gasteiger partial charge in [0, 0.05) is 0 Å². The van der Waals surface area contributed by atoms with Crippen LogP contribution < -0.4 is 5.32 Å². The summed E-state index contributed by atoms with van der Waals surface area (Å²) in [5.74, 6) is 0.911. The Hall–Kier alpha value is -0.970. The Labute approximate surface area is 84.9 Å². The van der Waals surface area contributed by atoms with Gasteiger partial charge in [-0.15, -0.1) is 5.10 Å². The molecule has 0 radical (unpaired) electrons. The minimum Gasteiger partial charge on any atom is -0.311 e. The maximum Gasteiger partial charge on any atom is 0.168 e. The minimum atomic E-state index is 0.198. The zero-order chi connectivity index (χ0) is 10.6. The van der Waals surface area contributed by atoms with Gasteiger partial charge in [-0.05, 0) is 37.7 Å². The minimum absolute atomic E-state index is 0.198. The highest BCUT2D eigenvalue weighted by molar-refractivity contribution is 4.90. The van der Waals surface area contributed by atoms with E-state index in [1.807, 2.05) is 11.7 Å². The largest absolute Gasteiger partial charge is 0.311 e. The summed E-state index contributed by atoms with van der Waals surface area (Å²) in [5, 5.41) is 14.9. The molecule has 0 aromatic carbocycles. The molecule has 2 atom stereocenters. The van der Waals surface area contributed by atoms with Gasteiger partial charge in [-0.25, -0.2) is 4.68 Å². The molecule has 5 nitrogen and oxygen atoms in total. The Morgan fingerprint density at radius 2 is 2.14 bits per heavy atom. The van der Waals surface area contributed by atoms with Crippen LogP contribution >= 0.6 is 0 Å². The van der Waals surface area contributed by atoms with Crippen LogP contribution in [0.15, 0.2) is 0 Å². The van der Waals surface area contributed by atoms with Gasteiger partial charge in [-0.3, -0.25) is 0 Å². The van der Waals surface area contributed by atoms with Gasteiger partial charge in [0.2, 0.25) is 0 Å². The molecule has 0 saturated carbocycles. The summed E-state index contributed by atoms with van der Waals surface area (Å²) in [6, 6.07) is 0.574. The van der Waals surface area contributed by atoms with E-state index in [0.29, 0.717) is 6.04 Å². The van der Waals surface area contributed by atoms with Crippen molar-refractivity contribution in [1.29, 1.82) is 0 Å².